The van der Waals surface area contributed by atoms with Crippen molar-refractivity contribution in [2.75, 3.05) is 6.61 Å². The predicted molar refractivity (Wildman–Crippen MR) is 63.9 cm³/mol. The van der Waals surface area contributed by atoms with Gasteiger partial charge in [-0.3, -0.25) is 9.20 Å². The van der Waals surface area contributed by atoms with Crippen molar-refractivity contribution >= 4 is 33.2 Å². The SMILES string of the molecule is CCOC(=O)C(=O)c1cc(Br)n2cnccc12. The van der Waals surface area contributed by atoms with E-state index in [0.717, 1.165) is 0 Å². The Labute approximate surface area is 106 Å². The van der Waals surface area contributed by atoms with E-state index >= 15 is 0 Å². The molecule has 0 aliphatic heterocycles. The molecule has 0 aliphatic rings. The molecule has 0 amide bonds. The van der Waals surface area contributed by atoms with Gasteiger partial charge in [-0.25, -0.2) is 9.78 Å². The smallest absolute Gasteiger partial charge is 0.379 e. The molecule has 2 rings (SSSR count). The monoisotopic (exact) mass is 296 g/mol. The Morgan fingerprint density at radius 3 is 3.00 bits per heavy atom. The van der Waals surface area contributed by atoms with Crippen LogP contribution in [0.25, 0.3) is 5.52 Å². The minimum atomic E-state index is -0.843. The first kappa shape index (κ1) is 11.8. The van der Waals surface area contributed by atoms with Crippen molar-refractivity contribution in [3.05, 3.63) is 34.8 Å². The summed E-state index contributed by atoms with van der Waals surface area (Å²) in [5.74, 6) is -1.49. The zero-order valence-corrected chi connectivity index (χ0v) is 10.6. The lowest BCUT2D eigenvalue weighted by Gasteiger charge is -1.99. The number of carbonyl (C=O) groups excluding carboxylic acids is 2. The van der Waals surface area contributed by atoms with Crippen molar-refractivity contribution in [1.29, 1.82) is 0 Å². The topological polar surface area (TPSA) is 60.7 Å². The molecule has 17 heavy (non-hydrogen) atoms. The molecule has 2 heterocycles. The summed E-state index contributed by atoms with van der Waals surface area (Å²) in [5.41, 5.74) is 0.919. The largest absolute Gasteiger partial charge is 0.460 e. The van der Waals surface area contributed by atoms with Crippen molar-refractivity contribution in [3.8, 4) is 0 Å². The summed E-state index contributed by atoms with van der Waals surface area (Å²) in [5, 5.41) is 0. The summed E-state index contributed by atoms with van der Waals surface area (Å²) in [6.07, 6.45) is 3.12. The molecule has 0 bridgehead atoms. The molecule has 0 saturated heterocycles. The van der Waals surface area contributed by atoms with Crippen LogP contribution in [0.2, 0.25) is 0 Å². The molecule has 0 atom stereocenters. The second kappa shape index (κ2) is 4.67. The zero-order chi connectivity index (χ0) is 12.4. The quantitative estimate of drug-likeness (QED) is 0.493. The highest BCUT2D eigenvalue weighted by Crippen LogP contribution is 2.21. The number of fused-ring (bicyclic) bond motifs is 1. The maximum absolute atomic E-state index is 11.8. The molecule has 2 aromatic rings. The van der Waals surface area contributed by atoms with Crippen LogP contribution < -0.4 is 0 Å². The van der Waals surface area contributed by atoms with Gasteiger partial charge in [0.25, 0.3) is 5.78 Å². The van der Waals surface area contributed by atoms with Gasteiger partial charge in [-0.05, 0) is 35.0 Å². The predicted octanol–water partition coefficient (Wildman–Crippen LogP) is 1.84. The van der Waals surface area contributed by atoms with Gasteiger partial charge < -0.3 is 4.74 Å². The number of nitrogens with zero attached hydrogens (tertiary/aromatic N) is 2. The van der Waals surface area contributed by atoms with Crippen molar-refractivity contribution in [3.63, 3.8) is 0 Å². The number of ketones is 1. The van der Waals surface area contributed by atoms with E-state index in [1.807, 2.05) is 0 Å². The number of hydrogen-bond acceptors (Lipinski definition) is 4. The maximum atomic E-state index is 11.8. The van der Waals surface area contributed by atoms with Crippen LogP contribution in [0.1, 0.15) is 17.3 Å². The average molecular weight is 297 g/mol. The molecule has 0 aromatic carbocycles. The van der Waals surface area contributed by atoms with Gasteiger partial charge in [-0.1, -0.05) is 0 Å². The number of Topliss-reactive ketones (excluding diaryl/α,β-unsaturated/α-hetero) is 1. The summed E-state index contributed by atoms with van der Waals surface area (Å²) < 4.78 is 7.02. The second-order valence-electron chi connectivity index (χ2n) is 3.27. The van der Waals surface area contributed by atoms with E-state index in [0.29, 0.717) is 15.7 Å². The Morgan fingerprint density at radius 2 is 2.29 bits per heavy atom. The van der Waals surface area contributed by atoms with Crippen molar-refractivity contribution in [2.24, 2.45) is 0 Å². The first-order valence-electron chi connectivity index (χ1n) is 4.97. The number of halogens is 1. The molecular weight excluding hydrogens is 288 g/mol. The highest BCUT2D eigenvalue weighted by molar-refractivity contribution is 9.10. The first-order chi connectivity index (χ1) is 8.15. The Kier molecular flexibility index (Phi) is 3.23. The van der Waals surface area contributed by atoms with Gasteiger partial charge in [0.15, 0.2) is 0 Å². The number of hydrogen-bond donors (Lipinski definition) is 0. The summed E-state index contributed by atoms with van der Waals surface area (Å²) in [6, 6.07) is 3.24. The molecule has 2 aromatic heterocycles. The number of rotatable bonds is 3. The molecular formula is C11H9BrN2O3. The van der Waals surface area contributed by atoms with Gasteiger partial charge in [0.05, 0.1) is 28.6 Å². The van der Waals surface area contributed by atoms with Crippen LogP contribution in [0.15, 0.2) is 29.3 Å². The number of aromatic nitrogens is 2. The average Bonchev–Trinajstić information content (AvgIpc) is 2.67. The van der Waals surface area contributed by atoms with Gasteiger partial charge in [0.2, 0.25) is 0 Å². The van der Waals surface area contributed by atoms with E-state index in [1.54, 1.807) is 36.0 Å². The van der Waals surface area contributed by atoms with Gasteiger partial charge in [-0.15, -0.1) is 0 Å². The fourth-order valence-electron chi connectivity index (χ4n) is 1.50. The van der Waals surface area contributed by atoms with Gasteiger partial charge in [0.1, 0.15) is 0 Å². The third-order valence-corrected chi connectivity index (χ3v) is 2.85. The van der Waals surface area contributed by atoms with E-state index in [2.05, 4.69) is 25.7 Å². The van der Waals surface area contributed by atoms with Crippen LogP contribution in [0.5, 0.6) is 0 Å². The fourth-order valence-corrected chi connectivity index (χ4v) is 2.01. The molecule has 0 saturated carbocycles. The molecule has 0 N–H and O–H groups in total. The molecule has 0 aliphatic carbocycles. The minimum absolute atomic E-state index is 0.180. The van der Waals surface area contributed by atoms with Crippen LogP contribution in [0.4, 0.5) is 0 Å². The van der Waals surface area contributed by atoms with E-state index in [9.17, 15) is 9.59 Å². The Bertz CT molecular complexity index is 591. The summed E-state index contributed by atoms with van der Waals surface area (Å²) in [4.78, 5) is 27.2. The second-order valence-corrected chi connectivity index (χ2v) is 4.08. The van der Waals surface area contributed by atoms with Gasteiger partial charge in [-0.2, -0.15) is 0 Å². The lowest BCUT2D eigenvalue weighted by Crippen LogP contribution is -2.17. The third kappa shape index (κ3) is 2.08. The minimum Gasteiger partial charge on any atom is -0.460 e. The normalized spacial score (nSPS) is 10.5. The molecule has 6 heteroatoms. The molecule has 88 valence electrons. The van der Waals surface area contributed by atoms with Crippen LogP contribution in [-0.2, 0) is 9.53 Å². The van der Waals surface area contributed by atoms with Crippen LogP contribution in [0, 0.1) is 0 Å². The Balaban J connectivity index is 2.49. The highest BCUT2D eigenvalue weighted by atomic mass is 79.9. The molecule has 0 radical (unpaired) electrons. The third-order valence-electron chi connectivity index (χ3n) is 2.24. The van der Waals surface area contributed by atoms with E-state index in [4.69, 9.17) is 0 Å². The number of ether oxygens (including phenoxy) is 1. The standard InChI is InChI=1S/C11H9BrN2O3/c1-2-17-11(16)10(15)7-5-9(12)14-6-13-4-3-8(7)14/h3-6H,2H2,1H3. The van der Waals surface area contributed by atoms with E-state index < -0.39 is 11.8 Å². The molecule has 5 nitrogen and oxygen atoms in total. The van der Waals surface area contributed by atoms with Crippen molar-refractivity contribution < 1.29 is 14.3 Å². The number of carbonyl (C=O) groups is 2. The maximum Gasteiger partial charge on any atom is 0.379 e. The lowest BCUT2D eigenvalue weighted by molar-refractivity contribution is -0.137. The van der Waals surface area contributed by atoms with Gasteiger partial charge in [0, 0.05) is 6.20 Å². The van der Waals surface area contributed by atoms with Crippen molar-refractivity contribution in [1.82, 2.24) is 9.38 Å². The van der Waals surface area contributed by atoms with Gasteiger partial charge >= 0.3 is 5.97 Å². The van der Waals surface area contributed by atoms with Crippen molar-refractivity contribution in [2.45, 2.75) is 6.92 Å². The van der Waals surface area contributed by atoms with Crippen LogP contribution in [0.3, 0.4) is 0 Å². The van der Waals surface area contributed by atoms with Crippen LogP contribution in [-0.4, -0.2) is 27.7 Å². The Hall–Kier alpha value is -1.69. The fraction of sp³-hybridized carbons (Fsp3) is 0.182. The summed E-state index contributed by atoms with van der Waals surface area (Å²) in [6.45, 7) is 1.84. The molecule has 0 spiro atoms. The number of esters is 1. The van der Waals surface area contributed by atoms with E-state index in [1.165, 1.54) is 0 Å². The van der Waals surface area contributed by atoms with Crippen LogP contribution >= 0.6 is 15.9 Å². The first-order valence-corrected chi connectivity index (χ1v) is 5.76. The molecule has 0 unspecified atom stereocenters. The highest BCUT2D eigenvalue weighted by Gasteiger charge is 2.22. The lowest BCUT2D eigenvalue weighted by atomic mass is 10.2. The Morgan fingerprint density at radius 1 is 1.53 bits per heavy atom. The summed E-state index contributed by atoms with van der Waals surface area (Å²) >= 11 is 3.29. The van der Waals surface area contributed by atoms with E-state index in [-0.39, 0.29) is 6.61 Å². The molecule has 0 fully saturated rings. The summed E-state index contributed by atoms with van der Waals surface area (Å²) in [7, 11) is 0. The zero-order valence-electron chi connectivity index (χ0n) is 9.01.